The van der Waals surface area contributed by atoms with Crippen LogP contribution in [0.5, 0.6) is 0 Å². The molecule has 0 bridgehead atoms. The Hall–Kier alpha value is -1.36. The number of aromatic nitrogens is 2. The molecule has 0 saturated heterocycles. The maximum absolute atomic E-state index is 11.3. The minimum absolute atomic E-state index is 0.0355. The van der Waals surface area contributed by atoms with Gasteiger partial charge in [0.1, 0.15) is 11.5 Å². The molecule has 4 nitrogen and oxygen atoms in total. The topological polar surface area (TPSA) is 55.0 Å². The molecule has 0 amide bonds. The lowest BCUT2D eigenvalue weighted by Crippen LogP contribution is -2.40. The van der Waals surface area contributed by atoms with Crippen LogP contribution >= 0.6 is 0 Å². The van der Waals surface area contributed by atoms with E-state index in [-0.39, 0.29) is 10.8 Å². The largest absolute Gasteiger partial charge is 0.542 e. The molecule has 0 radical (unpaired) electrons. The number of allylic oxidation sites excluding steroid dienone is 1. The van der Waals surface area contributed by atoms with Gasteiger partial charge in [0.05, 0.1) is 6.33 Å². The number of hydrogen-bond donors (Lipinski definition) is 1. The van der Waals surface area contributed by atoms with Crippen molar-refractivity contribution in [2.45, 2.75) is 45.8 Å². The van der Waals surface area contributed by atoms with Crippen molar-refractivity contribution < 1.29 is 9.22 Å². The van der Waals surface area contributed by atoms with Gasteiger partial charge in [0, 0.05) is 12.3 Å². The summed E-state index contributed by atoms with van der Waals surface area (Å²) in [6.45, 7) is 12.3. The second-order valence-electron chi connectivity index (χ2n) is 5.94. The first-order valence-electron chi connectivity index (χ1n) is 6.04. The highest BCUT2D eigenvalue weighted by Gasteiger charge is 2.39. The number of aromatic amines is 1. The normalized spacial score (nSPS) is 13.6. The van der Waals surface area contributed by atoms with Crippen molar-refractivity contribution in [3.8, 4) is 0 Å². The van der Waals surface area contributed by atoms with Crippen LogP contribution in [0.3, 0.4) is 0 Å². The first-order valence-corrected chi connectivity index (χ1v) is 8.95. The van der Waals surface area contributed by atoms with E-state index in [0.29, 0.717) is 11.5 Å². The quantitative estimate of drug-likeness (QED) is 0.516. The van der Waals surface area contributed by atoms with Gasteiger partial charge in [-0.3, -0.25) is 4.79 Å². The fourth-order valence-electron chi connectivity index (χ4n) is 1.16. The molecule has 0 aliphatic rings. The number of imidazole rings is 1. The molecule has 0 aliphatic carbocycles. The lowest BCUT2D eigenvalue weighted by Gasteiger charge is -2.36. The summed E-state index contributed by atoms with van der Waals surface area (Å²) >= 11 is 0. The highest BCUT2D eigenvalue weighted by molar-refractivity contribution is 6.74. The number of ketones is 1. The van der Waals surface area contributed by atoms with Crippen molar-refractivity contribution in [3.05, 3.63) is 24.3 Å². The zero-order valence-corrected chi connectivity index (χ0v) is 13.0. The zero-order valence-electron chi connectivity index (χ0n) is 12.0. The SMILES string of the molecule is CC(=O)/C=C(\O[Si](C)(C)C(C)(C)C)c1c[nH]cn1. The van der Waals surface area contributed by atoms with Crippen LogP contribution in [0.25, 0.3) is 5.76 Å². The molecule has 1 N–H and O–H groups in total. The molecular formula is C13H22N2O2Si. The molecule has 0 spiro atoms. The molecule has 1 rings (SSSR count). The van der Waals surface area contributed by atoms with E-state index >= 15 is 0 Å². The van der Waals surface area contributed by atoms with Gasteiger partial charge < -0.3 is 9.41 Å². The third-order valence-electron chi connectivity index (χ3n) is 3.26. The van der Waals surface area contributed by atoms with Gasteiger partial charge in [-0.1, -0.05) is 20.8 Å². The van der Waals surface area contributed by atoms with Crippen molar-refractivity contribution >= 4 is 19.9 Å². The van der Waals surface area contributed by atoms with Crippen molar-refractivity contribution in [1.82, 2.24) is 9.97 Å². The average molecular weight is 266 g/mol. The second-order valence-corrected chi connectivity index (χ2v) is 10.7. The van der Waals surface area contributed by atoms with Gasteiger partial charge in [-0.2, -0.15) is 0 Å². The molecule has 0 unspecified atom stereocenters. The lowest BCUT2D eigenvalue weighted by molar-refractivity contribution is -0.112. The number of nitrogens with one attached hydrogen (secondary N) is 1. The monoisotopic (exact) mass is 266 g/mol. The number of H-pyrrole nitrogens is 1. The summed E-state index contributed by atoms with van der Waals surface area (Å²) in [6.07, 6.45) is 4.83. The molecule has 18 heavy (non-hydrogen) atoms. The van der Waals surface area contributed by atoms with Gasteiger partial charge in [-0.05, 0) is 25.1 Å². The van der Waals surface area contributed by atoms with Crippen molar-refractivity contribution in [3.63, 3.8) is 0 Å². The highest BCUT2D eigenvalue weighted by atomic mass is 28.4. The third-order valence-corrected chi connectivity index (χ3v) is 7.60. The average Bonchev–Trinajstić information content (AvgIpc) is 2.65. The number of rotatable bonds is 4. The minimum Gasteiger partial charge on any atom is -0.542 e. The predicted octanol–water partition coefficient (Wildman–Crippen LogP) is 3.36. The highest BCUT2D eigenvalue weighted by Crippen LogP contribution is 2.39. The van der Waals surface area contributed by atoms with E-state index in [4.69, 9.17) is 4.43 Å². The van der Waals surface area contributed by atoms with Gasteiger partial charge in [0.15, 0.2) is 5.78 Å². The summed E-state index contributed by atoms with van der Waals surface area (Å²) in [5.74, 6) is 0.530. The van der Waals surface area contributed by atoms with E-state index in [2.05, 4.69) is 43.8 Å². The fourth-order valence-corrected chi connectivity index (χ4v) is 2.18. The number of carbonyl (C=O) groups excluding carboxylic acids is 1. The molecular weight excluding hydrogens is 244 g/mol. The fraction of sp³-hybridized carbons (Fsp3) is 0.538. The summed E-state index contributed by atoms with van der Waals surface area (Å²) in [4.78, 5) is 18.3. The summed E-state index contributed by atoms with van der Waals surface area (Å²) < 4.78 is 6.15. The molecule has 1 aromatic rings. The number of carbonyl (C=O) groups is 1. The van der Waals surface area contributed by atoms with E-state index in [1.54, 1.807) is 12.5 Å². The van der Waals surface area contributed by atoms with Gasteiger partial charge in [0.2, 0.25) is 0 Å². The summed E-state index contributed by atoms with van der Waals surface area (Å²) in [5, 5.41) is 0.0825. The van der Waals surface area contributed by atoms with Crippen LogP contribution in [0.2, 0.25) is 18.1 Å². The van der Waals surface area contributed by atoms with E-state index < -0.39 is 8.32 Å². The smallest absolute Gasteiger partial charge is 0.250 e. The Labute approximate surface area is 110 Å². The lowest BCUT2D eigenvalue weighted by atomic mass is 10.2. The van der Waals surface area contributed by atoms with Crippen LogP contribution in [-0.4, -0.2) is 24.1 Å². The van der Waals surface area contributed by atoms with Gasteiger partial charge >= 0.3 is 0 Å². The van der Waals surface area contributed by atoms with E-state index in [1.165, 1.54) is 13.0 Å². The Morgan fingerprint density at radius 2 is 2.06 bits per heavy atom. The maximum atomic E-state index is 11.3. The van der Waals surface area contributed by atoms with Crippen LogP contribution in [-0.2, 0) is 9.22 Å². The molecule has 5 heteroatoms. The first-order chi connectivity index (χ1) is 8.13. The summed E-state index contributed by atoms with van der Waals surface area (Å²) in [5.41, 5.74) is 0.676. The Bertz CT molecular complexity index is 442. The van der Waals surface area contributed by atoms with Crippen molar-refractivity contribution in [2.75, 3.05) is 0 Å². The van der Waals surface area contributed by atoms with Crippen LogP contribution < -0.4 is 0 Å². The van der Waals surface area contributed by atoms with Crippen molar-refractivity contribution in [2.24, 2.45) is 0 Å². The molecule has 0 fully saturated rings. The van der Waals surface area contributed by atoms with Gasteiger partial charge in [-0.15, -0.1) is 0 Å². The van der Waals surface area contributed by atoms with Crippen LogP contribution in [0, 0.1) is 0 Å². The second kappa shape index (κ2) is 5.10. The molecule has 0 aromatic carbocycles. The predicted molar refractivity (Wildman–Crippen MR) is 75.5 cm³/mol. The molecule has 0 saturated carbocycles. The third kappa shape index (κ3) is 3.56. The van der Waals surface area contributed by atoms with Gasteiger partial charge in [-0.25, -0.2) is 4.98 Å². The standard InChI is InChI=1S/C13H22N2O2Si/c1-10(16)7-12(11-8-14-9-15-11)17-18(5,6)13(2,3)4/h7-9H,1-6H3,(H,14,15)/b12-7-. The van der Waals surface area contributed by atoms with Crippen LogP contribution in [0.4, 0.5) is 0 Å². The number of nitrogens with zero attached hydrogens (tertiary/aromatic N) is 1. The Kier molecular flexibility index (Phi) is 4.16. The van der Waals surface area contributed by atoms with Crippen LogP contribution in [0.15, 0.2) is 18.6 Å². The number of hydrogen-bond acceptors (Lipinski definition) is 3. The Morgan fingerprint density at radius 3 is 2.44 bits per heavy atom. The van der Waals surface area contributed by atoms with Crippen LogP contribution in [0.1, 0.15) is 33.4 Å². The molecule has 0 atom stereocenters. The zero-order chi connectivity index (χ0) is 14.0. The molecule has 0 aliphatic heterocycles. The summed E-state index contributed by atoms with van der Waals surface area (Å²) in [6, 6.07) is 0. The molecule has 1 heterocycles. The van der Waals surface area contributed by atoms with E-state index in [0.717, 1.165) is 0 Å². The Morgan fingerprint density at radius 1 is 1.44 bits per heavy atom. The Balaban J connectivity index is 3.05. The maximum Gasteiger partial charge on any atom is 0.250 e. The molecule has 1 aromatic heterocycles. The van der Waals surface area contributed by atoms with E-state index in [9.17, 15) is 4.79 Å². The molecule has 100 valence electrons. The minimum atomic E-state index is -1.97. The van der Waals surface area contributed by atoms with Gasteiger partial charge in [0.25, 0.3) is 8.32 Å². The van der Waals surface area contributed by atoms with E-state index in [1.807, 2.05) is 0 Å². The van der Waals surface area contributed by atoms with Crippen molar-refractivity contribution in [1.29, 1.82) is 0 Å². The summed E-state index contributed by atoms with van der Waals surface area (Å²) in [7, 11) is -1.97. The first kappa shape index (κ1) is 14.7.